The van der Waals surface area contributed by atoms with Crippen LogP contribution in [0.4, 0.5) is 0 Å². The van der Waals surface area contributed by atoms with Crippen LogP contribution in [0.5, 0.6) is 0 Å². The molecule has 0 fully saturated rings. The summed E-state index contributed by atoms with van der Waals surface area (Å²) in [6.45, 7) is 18.7. The maximum absolute atomic E-state index is 10.9. The summed E-state index contributed by atoms with van der Waals surface area (Å²) < 4.78 is 15.9. The predicted molar refractivity (Wildman–Crippen MR) is 104 cm³/mol. The number of amides is 1. The lowest BCUT2D eigenvalue weighted by atomic mass is 10.4. The smallest absolute Gasteiger partial charge is 0.219 e. The van der Waals surface area contributed by atoms with Gasteiger partial charge >= 0.3 is 0 Å². The Labute approximate surface area is 151 Å². The maximum Gasteiger partial charge on any atom is 0.219 e. The van der Waals surface area contributed by atoms with Crippen molar-refractivity contribution in [2.24, 2.45) is 0 Å². The number of nitrogens with one attached hydrogen (secondary N) is 2. The molecule has 0 saturated carbocycles. The van der Waals surface area contributed by atoms with E-state index < -0.39 is 0 Å². The molecule has 0 aliphatic carbocycles. The second-order valence-electron chi connectivity index (χ2n) is 3.64. The van der Waals surface area contributed by atoms with Gasteiger partial charge in [-0.3, -0.25) is 4.79 Å². The van der Waals surface area contributed by atoms with Crippen molar-refractivity contribution >= 4 is 5.91 Å². The van der Waals surface area contributed by atoms with E-state index in [1.165, 1.54) is 0 Å². The highest BCUT2D eigenvalue weighted by Gasteiger charge is 1.95. The van der Waals surface area contributed by atoms with Crippen molar-refractivity contribution in [3.63, 3.8) is 0 Å². The monoisotopic (exact) mass is 352 g/mol. The van der Waals surface area contributed by atoms with Crippen molar-refractivity contribution in [2.45, 2.75) is 54.9 Å². The molecule has 0 heterocycles. The van der Waals surface area contributed by atoms with E-state index in [9.17, 15) is 4.79 Å². The molecule has 6 nitrogen and oxygen atoms in total. The van der Waals surface area contributed by atoms with Gasteiger partial charge in [0.25, 0.3) is 0 Å². The molecule has 0 rings (SSSR count). The molecule has 0 radical (unpaired) electrons. The Bertz CT molecular complexity index is 194. The summed E-state index contributed by atoms with van der Waals surface area (Å²) in [5, 5.41) is 5.73. The molecule has 0 aliphatic heterocycles. The van der Waals surface area contributed by atoms with Crippen LogP contribution in [0.3, 0.4) is 0 Å². The summed E-state index contributed by atoms with van der Waals surface area (Å²) >= 11 is 0. The third-order valence-corrected chi connectivity index (χ3v) is 2.13. The van der Waals surface area contributed by atoms with Crippen LogP contribution in [-0.4, -0.2) is 65.7 Å². The summed E-state index contributed by atoms with van der Waals surface area (Å²) in [6.07, 6.45) is 0.511. The molecule has 2 N–H and O–H groups in total. The lowest BCUT2D eigenvalue weighted by Crippen LogP contribution is -2.26. The van der Waals surface area contributed by atoms with E-state index in [2.05, 4.69) is 10.6 Å². The zero-order chi connectivity index (χ0) is 19.5. The minimum absolute atomic E-state index is 0.0496. The van der Waals surface area contributed by atoms with E-state index in [1.54, 1.807) is 0 Å². The van der Waals surface area contributed by atoms with E-state index in [4.69, 9.17) is 14.2 Å². The van der Waals surface area contributed by atoms with Crippen LogP contribution in [0.15, 0.2) is 0 Å². The average molecular weight is 353 g/mol. The van der Waals surface area contributed by atoms with Crippen LogP contribution in [0.1, 0.15) is 54.9 Å². The first-order chi connectivity index (χ1) is 11.8. The fraction of sp³-hybridized carbons (Fsp3) is 0.944. The molecule has 0 aliphatic rings. The maximum atomic E-state index is 10.9. The van der Waals surface area contributed by atoms with Gasteiger partial charge in [-0.25, -0.2) is 0 Å². The number of rotatable bonds is 13. The summed E-state index contributed by atoms with van der Waals surface area (Å²) in [5.74, 6) is 0.0496. The summed E-state index contributed by atoms with van der Waals surface area (Å²) in [5.41, 5.74) is 0. The highest BCUT2D eigenvalue weighted by Crippen LogP contribution is 1.81. The molecule has 6 heteroatoms. The van der Waals surface area contributed by atoms with Gasteiger partial charge in [-0.05, 0) is 7.05 Å². The van der Waals surface area contributed by atoms with Crippen LogP contribution in [-0.2, 0) is 19.0 Å². The Morgan fingerprint density at radius 3 is 1.46 bits per heavy atom. The van der Waals surface area contributed by atoms with Crippen LogP contribution in [0.2, 0.25) is 0 Å². The highest BCUT2D eigenvalue weighted by atomic mass is 16.5. The molecule has 24 heavy (non-hydrogen) atoms. The number of carbonyl (C=O) groups excluding carboxylic acids is 1. The Morgan fingerprint density at radius 2 is 1.08 bits per heavy atom. The molecule has 0 bridgehead atoms. The Balaban J connectivity index is -0.000000297. The minimum Gasteiger partial charge on any atom is -0.378 e. The minimum atomic E-state index is 0.0496. The van der Waals surface area contributed by atoms with E-state index in [-0.39, 0.29) is 5.91 Å². The first-order valence-electron chi connectivity index (χ1n) is 9.45. The Hall–Kier alpha value is -0.690. The summed E-state index contributed by atoms with van der Waals surface area (Å²) in [6, 6.07) is 0. The van der Waals surface area contributed by atoms with Gasteiger partial charge in [-0.15, -0.1) is 0 Å². The van der Waals surface area contributed by atoms with Crippen molar-refractivity contribution in [1.29, 1.82) is 0 Å². The molecule has 0 aromatic carbocycles. The van der Waals surface area contributed by atoms with Gasteiger partial charge in [0, 0.05) is 19.5 Å². The van der Waals surface area contributed by atoms with Crippen molar-refractivity contribution in [3.8, 4) is 0 Å². The number of carbonyl (C=O) groups is 1. The zero-order valence-corrected chi connectivity index (χ0v) is 17.5. The molecular weight excluding hydrogens is 308 g/mol. The average Bonchev–Trinajstić information content (AvgIpc) is 2.67. The van der Waals surface area contributed by atoms with Crippen LogP contribution < -0.4 is 10.6 Å². The number of ether oxygens (including phenoxy) is 3. The van der Waals surface area contributed by atoms with Gasteiger partial charge in [-0.1, -0.05) is 48.5 Å². The fourth-order valence-electron chi connectivity index (χ4n) is 1.10. The second kappa shape index (κ2) is 38.1. The van der Waals surface area contributed by atoms with Gasteiger partial charge in [0.1, 0.15) is 0 Å². The number of likely N-dealkylation sites (N-methyl/N-ethyl adjacent to an activating group) is 1. The van der Waals surface area contributed by atoms with Crippen molar-refractivity contribution in [1.82, 2.24) is 10.6 Å². The third-order valence-electron chi connectivity index (χ3n) is 2.13. The van der Waals surface area contributed by atoms with Gasteiger partial charge in [0.15, 0.2) is 0 Å². The molecule has 0 aromatic heterocycles. The van der Waals surface area contributed by atoms with E-state index in [0.717, 1.165) is 6.54 Å². The normalized spacial score (nSPS) is 8.67. The van der Waals surface area contributed by atoms with Crippen LogP contribution >= 0.6 is 0 Å². The molecule has 150 valence electrons. The molecule has 0 atom stereocenters. The quantitative estimate of drug-likeness (QED) is 0.499. The van der Waals surface area contributed by atoms with Gasteiger partial charge in [-0.2, -0.15) is 0 Å². The molecule has 0 aromatic rings. The molecule has 0 saturated heterocycles. The lowest BCUT2D eigenvalue weighted by Gasteiger charge is -2.07. The van der Waals surface area contributed by atoms with Gasteiger partial charge < -0.3 is 24.8 Å². The zero-order valence-electron chi connectivity index (χ0n) is 17.5. The molecule has 0 spiro atoms. The van der Waals surface area contributed by atoms with E-state index >= 15 is 0 Å². The van der Waals surface area contributed by atoms with Crippen molar-refractivity contribution < 1.29 is 19.0 Å². The van der Waals surface area contributed by atoms with Gasteiger partial charge in [0.05, 0.1) is 39.6 Å². The number of hydrogen-bond acceptors (Lipinski definition) is 5. The Kier molecular flexibility index (Phi) is 49.4. The van der Waals surface area contributed by atoms with E-state index in [1.807, 2.05) is 55.5 Å². The standard InChI is InChI=1S/C12H26N2O4.3C2H6/c1-3-12(15)14-5-7-17-9-11-18-10-8-16-6-4-13-2;3*1-2/h13H,3-11H2,1-2H3,(H,14,15);3*1-2H3. The lowest BCUT2D eigenvalue weighted by molar-refractivity contribution is -0.121. The first-order valence-corrected chi connectivity index (χ1v) is 9.45. The molecule has 1 amide bonds. The Morgan fingerprint density at radius 1 is 0.708 bits per heavy atom. The second-order valence-corrected chi connectivity index (χ2v) is 3.64. The molecular formula is C18H44N2O4. The number of hydrogen-bond donors (Lipinski definition) is 2. The van der Waals surface area contributed by atoms with Crippen LogP contribution in [0.25, 0.3) is 0 Å². The summed E-state index contributed by atoms with van der Waals surface area (Å²) in [7, 11) is 1.89. The molecule has 0 unspecified atom stereocenters. The highest BCUT2D eigenvalue weighted by molar-refractivity contribution is 5.75. The van der Waals surface area contributed by atoms with Crippen molar-refractivity contribution in [2.75, 3.05) is 59.8 Å². The summed E-state index contributed by atoms with van der Waals surface area (Å²) in [4.78, 5) is 10.9. The topological polar surface area (TPSA) is 68.8 Å². The predicted octanol–water partition coefficient (Wildman–Crippen LogP) is 2.86. The van der Waals surface area contributed by atoms with Crippen LogP contribution in [0, 0.1) is 0 Å². The largest absolute Gasteiger partial charge is 0.378 e. The third kappa shape index (κ3) is 37.5. The van der Waals surface area contributed by atoms with Crippen molar-refractivity contribution in [3.05, 3.63) is 0 Å². The van der Waals surface area contributed by atoms with Gasteiger partial charge in [0.2, 0.25) is 5.91 Å². The SMILES string of the molecule is CC.CC.CC.CCC(=O)NCCOCCOCCOCCNC. The first kappa shape index (κ1) is 31.1. The van der Waals surface area contributed by atoms with E-state index in [0.29, 0.717) is 52.6 Å². The fourth-order valence-corrected chi connectivity index (χ4v) is 1.10.